The number of hydrogen-bond donors (Lipinski definition) is 2. The number of methoxy groups -OCH3 is 1. The minimum absolute atomic E-state index is 0.207. The van der Waals surface area contributed by atoms with Gasteiger partial charge in [0.2, 0.25) is 0 Å². The van der Waals surface area contributed by atoms with Crippen molar-refractivity contribution in [2.24, 2.45) is 7.05 Å². The Labute approximate surface area is 111 Å². The number of ether oxygens (including phenoxy) is 1. The highest BCUT2D eigenvalue weighted by molar-refractivity contribution is 5.74. The summed E-state index contributed by atoms with van der Waals surface area (Å²) in [5.41, 5.74) is -0.160. The zero-order valence-corrected chi connectivity index (χ0v) is 10.8. The molecule has 0 atom stereocenters. The molecule has 0 amide bonds. The van der Waals surface area contributed by atoms with Crippen molar-refractivity contribution in [3.05, 3.63) is 32.7 Å². The number of fused-ring (bicyclic) bond motifs is 1. The van der Waals surface area contributed by atoms with Crippen molar-refractivity contribution in [3.63, 3.8) is 0 Å². The van der Waals surface area contributed by atoms with Crippen LogP contribution in [0.5, 0.6) is 0 Å². The third-order valence-electron chi connectivity index (χ3n) is 2.84. The van der Waals surface area contributed by atoms with Gasteiger partial charge in [-0.25, -0.2) is 9.78 Å². The maximum absolute atomic E-state index is 11.7. The minimum Gasteiger partial charge on any atom is -0.377 e. The van der Waals surface area contributed by atoms with Gasteiger partial charge in [0, 0.05) is 20.2 Å². The van der Waals surface area contributed by atoms with Crippen molar-refractivity contribution in [2.75, 3.05) is 7.11 Å². The van der Waals surface area contributed by atoms with Crippen LogP contribution in [0.4, 0.5) is 0 Å². The second kappa shape index (κ2) is 4.46. The van der Waals surface area contributed by atoms with E-state index in [0.717, 1.165) is 0 Å². The van der Waals surface area contributed by atoms with Gasteiger partial charge in [-0.3, -0.25) is 14.3 Å². The molecule has 3 heterocycles. The van der Waals surface area contributed by atoms with Crippen LogP contribution in [0.2, 0.25) is 0 Å². The van der Waals surface area contributed by atoms with Crippen LogP contribution < -0.4 is 11.2 Å². The summed E-state index contributed by atoms with van der Waals surface area (Å²) in [6.07, 6.45) is 0. The summed E-state index contributed by atoms with van der Waals surface area (Å²) in [5, 5.41) is 3.83. The highest BCUT2D eigenvalue weighted by Crippen LogP contribution is 2.18. The first-order chi connectivity index (χ1) is 9.60. The Kier molecular flexibility index (Phi) is 2.75. The molecule has 0 radical (unpaired) electrons. The van der Waals surface area contributed by atoms with Crippen molar-refractivity contribution >= 4 is 11.2 Å². The second-order valence-corrected chi connectivity index (χ2v) is 4.21. The van der Waals surface area contributed by atoms with Crippen molar-refractivity contribution in [2.45, 2.75) is 6.61 Å². The number of H-pyrrole nitrogens is 2. The first kappa shape index (κ1) is 12.4. The Morgan fingerprint density at radius 3 is 2.95 bits per heavy atom. The fourth-order valence-corrected chi connectivity index (χ4v) is 1.86. The summed E-state index contributed by atoms with van der Waals surface area (Å²) >= 11 is 0. The number of hydrogen-bond acceptors (Lipinski definition) is 6. The third kappa shape index (κ3) is 1.84. The standard InChI is InChI=1S/C11H11N5O4/c1-16-9-7(10(17)14-11(16)18)12-8(13-9)6-3-5(4-19-2)20-15-6/h3H,4H2,1-2H3,(H,12,13)(H,14,17,18). The van der Waals surface area contributed by atoms with Gasteiger partial charge in [-0.05, 0) is 0 Å². The summed E-state index contributed by atoms with van der Waals surface area (Å²) in [7, 11) is 3.06. The summed E-state index contributed by atoms with van der Waals surface area (Å²) in [6.45, 7) is 0.284. The van der Waals surface area contributed by atoms with E-state index in [1.807, 2.05) is 0 Å². The van der Waals surface area contributed by atoms with E-state index in [1.54, 1.807) is 13.2 Å². The Hall–Kier alpha value is -2.68. The summed E-state index contributed by atoms with van der Waals surface area (Å²) in [4.78, 5) is 32.4. The van der Waals surface area contributed by atoms with Crippen LogP contribution in [0.15, 0.2) is 20.2 Å². The fourth-order valence-electron chi connectivity index (χ4n) is 1.86. The zero-order chi connectivity index (χ0) is 14.3. The molecule has 0 bridgehead atoms. The number of nitrogens with zero attached hydrogens (tertiary/aromatic N) is 3. The van der Waals surface area contributed by atoms with E-state index >= 15 is 0 Å². The number of aryl methyl sites for hydroxylation is 1. The van der Waals surface area contributed by atoms with Crippen LogP contribution >= 0.6 is 0 Å². The molecule has 0 aromatic carbocycles. The monoisotopic (exact) mass is 277 g/mol. The van der Waals surface area contributed by atoms with Crippen LogP contribution in [0, 0.1) is 0 Å². The largest absolute Gasteiger partial charge is 0.377 e. The van der Waals surface area contributed by atoms with Gasteiger partial charge in [0.1, 0.15) is 17.8 Å². The molecule has 0 saturated heterocycles. The molecule has 9 nitrogen and oxygen atoms in total. The molecule has 2 N–H and O–H groups in total. The molecular weight excluding hydrogens is 266 g/mol. The van der Waals surface area contributed by atoms with E-state index in [-0.39, 0.29) is 17.8 Å². The zero-order valence-electron chi connectivity index (χ0n) is 10.8. The summed E-state index contributed by atoms with van der Waals surface area (Å²) in [5.74, 6) is 0.878. The maximum Gasteiger partial charge on any atom is 0.329 e. The first-order valence-electron chi connectivity index (χ1n) is 5.74. The Balaban J connectivity index is 2.17. The highest BCUT2D eigenvalue weighted by atomic mass is 16.5. The highest BCUT2D eigenvalue weighted by Gasteiger charge is 2.15. The SMILES string of the molecule is COCc1cc(-c2nc3c([nH]2)c(=O)[nH]c(=O)n3C)no1. The van der Waals surface area contributed by atoms with Gasteiger partial charge in [0.25, 0.3) is 5.56 Å². The number of imidazole rings is 1. The molecule has 9 heteroatoms. The predicted molar refractivity (Wildman–Crippen MR) is 68.2 cm³/mol. The van der Waals surface area contributed by atoms with E-state index in [2.05, 4.69) is 20.1 Å². The lowest BCUT2D eigenvalue weighted by Crippen LogP contribution is -2.28. The van der Waals surface area contributed by atoms with Crippen LogP contribution in [0.3, 0.4) is 0 Å². The smallest absolute Gasteiger partial charge is 0.329 e. The maximum atomic E-state index is 11.7. The summed E-state index contributed by atoms with van der Waals surface area (Å²) in [6, 6.07) is 1.65. The van der Waals surface area contributed by atoms with E-state index in [9.17, 15) is 9.59 Å². The van der Waals surface area contributed by atoms with Crippen LogP contribution in [-0.2, 0) is 18.4 Å². The molecule has 0 spiro atoms. The van der Waals surface area contributed by atoms with Crippen molar-refractivity contribution in [1.29, 1.82) is 0 Å². The molecule has 20 heavy (non-hydrogen) atoms. The van der Waals surface area contributed by atoms with Gasteiger partial charge in [-0.2, -0.15) is 0 Å². The lowest BCUT2D eigenvalue weighted by atomic mass is 10.3. The van der Waals surface area contributed by atoms with Gasteiger partial charge in [-0.15, -0.1) is 0 Å². The van der Waals surface area contributed by atoms with E-state index in [1.165, 1.54) is 11.6 Å². The molecule has 0 fully saturated rings. The average molecular weight is 277 g/mol. The normalized spacial score (nSPS) is 11.3. The van der Waals surface area contributed by atoms with E-state index < -0.39 is 11.2 Å². The number of rotatable bonds is 3. The first-order valence-corrected chi connectivity index (χ1v) is 5.74. The molecule has 0 unspecified atom stereocenters. The molecule has 0 aliphatic heterocycles. The van der Waals surface area contributed by atoms with Gasteiger partial charge in [0.05, 0.1) is 0 Å². The van der Waals surface area contributed by atoms with Crippen LogP contribution in [-0.4, -0.2) is 31.8 Å². The van der Waals surface area contributed by atoms with Crippen molar-refractivity contribution in [3.8, 4) is 11.5 Å². The van der Waals surface area contributed by atoms with Gasteiger partial charge in [0.15, 0.2) is 17.2 Å². The third-order valence-corrected chi connectivity index (χ3v) is 2.84. The van der Waals surface area contributed by atoms with Gasteiger partial charge in [-0.1, -0.05) is 5.16 Å². The number of aromatic nitrogens is 5. The van der Waals surface area contributed by atoms with E-state index in [4.69, 9.17) is 9.26 Å². The lowest BCUT2D eigenvalue weighted by molar-refractivity contribution is 0.156. The molecular formula is C11H11N5O4. The van der Waals surface area contributed by atoms with Crippen molar-refractivity contribution in [1.82, 2.24) is 24.7 Å². The fraction of sp³-hybridized carbons (Fsp3) is 0.273. The van der Waals surface area contributed by atoms with Crippen molar-refractivity contribution < 1.29 is 9.26 Å². The molecule has 0 saturated carbocycles. The molecule has 0 aliphatic carbocycles. The molecule has 3 rings (SSSR count). The summed E-state index contributed by atoms with van der Waals surface area (Å²) < 4.78 is 11.2. The van der Waals surface area contributed by atoms with Gasteiger partial charge < -0.3 is 14.2 Å². The van der Waals surface area contributed by atoms with Gasteiger partial charge >= 0.3 is 5.69 Å². The molecule has 3 aromatic rings. The van der Waals surface area contributed by atoms with Crippen LogP contribution in [0.1, 0.15) is 5.76 Å². The second-order valence-electron chi connectivity index (χ2n) is 4.21. The minimum atomic E-state index is -0.527. The topological polar surface area (TPSA) is 119 Å². The molecule has 104 valence electrons. The van der Waals surface area contributed by atoms with Crippen LogP contribution in [0.25, 0.3) is 22.7 Å². The quantitative estimate of drug-likeness (QED) is 0.681. The number of nitrogens with one attached hydrogen (secondary N) is 2. The average Bonchev–Trinajstić information content (AvgIpc) is 3.03. The Bertz CT molecular complexity index is 884. The predicted octanol–water partition coefficient (Wildman–Crippen LogP) is -0.249. The molecule has 3 aromatic heterocycles. The van der Waals surface area contributed by atoms with E-state index in [0.29, 0.717) is 17.3 Å². The lowest BCUT2D eigenvalue weighted by Gasteiger charge is -1.94. The molecule has 0 aliphatic rings. The Morgan fingerprint density at radius 2 is 2.20 bits per heavy atom. The Morgan fingerprint density at radius 1 is 1.40 bits per heavy atom. The number of aromatic amines is 2.